The second-order valence-electron chi connectivity index (χ2n) is 4.64. The molecule has 0 amide bonds. The van der Waals surface area contributed by atoms with Gasteiger partial charge in [-0.3, -0.25) is 0 Å². The van der Waals surface area contributed by atoms with Crippen molar-refractivity contribution in [2.24, 2.45) is 0 Å². The molecule has 1 aromatic heterocycles. The molecule has 0 unspecified atom stereocenters. The molecule has 0 aromatic carbocycles. The van der Waals surface area contributed by atoms with Gasteiger partial charge in [0.15, 0.2) is 0 Å². The molecule has 0 bridgehead atoms. The molecule has 0 saturated carbocycles. The van der Waals surface area contributed by atoms with Crippen molar-refractivity contribution in [3.63, 3.8) is 0 Å². The number of hydrogen-bond donors (Lipinski definition) is 0. The molecule has 1 aromatic rings. The summed E-state index contributed by atoms with van der Waals surface area (Å²) in [6.07, 6.45) is 7.18. The zero-order chi connectivity index (χ0) is 12.1. The van der Waals surface area contributed by atoms with Gasteiger partial charge in [0.25, 0.3) is 0 Å². The summed E-state index contributed by atoms with van der Waals surface area (Å²) < 4.78 is 0. The SMILES string of the molecule is CCCCc1cc(N2CCCCC2)nc(Cl)n1. The maximum absolute atomic E-state index is 6.00. The molecule has 2 heterocycles. The van der Waals surface area contributed by atoms with Crippen LogP contribution < -0.4 is 4.90 Å². The summed E-state index contributed by atoms with van der Waals surface area (Å²) in [4.78, 5) is 11.0. The molecular weight excluding hydrogens is 234 g/mol. The normalized spacial score (nSPS) is 16.2. The van der Waals surface area contributed by atoms with Crippen molar-refractivity contribution in [3.8, 4) is 0 Å². The van der Waals surface area contributed by atoms with Gasteiger partial charge in [-0.2, -0.15) is 0 Å². The van der Waals surface area contributed by atoms with E-state index in [0.29, 0.717) is 5.28 Å². The number of aryl methyl sites for hydroxylation is 1. The van der Waals surface area contributed by atoms with Gasteiger partial charge in [0.2, 0.25) is 5.28 Å². The lowest BCUT2D eigenvalue weighted by Crippen LogP contribution is -2.30. The third-order valence-electron chi connectivity index (χ3n) is 3.20. The number of aromatic nitrogens is 2. The molecule has 0 atom stereocenters. The van der Waals surface area contributed by atoms with Crippen LogP contribution in [0.2, 0.25) is 5.28 Å². The minimum absolute atomic E-state index is 0.388. The van der Waals surface area contributed by atoms with Crippen molar-refractivity contribution >= 4 is 17.4 Å². The van der Waals surface area contributed by atoms with Crippen LogP contribution in [0.3, 0.4) is 0 Å². The topological polar surface area (TPSA) is 29.0 Å². The van der Waals surface area contributed by atoms with E-state index in [1.54, 1.807) is 0 Å². The number of rotatable bonds is 4. The van der Waals surface area contributed by atoms with Crippen LogP contribution in [0.4, 0.5) is 5.82 Å². The van der Waals surface area contributed by atoms with Crippen molar-refractivity contribution in [2.45, 2.75) is 45.4 Å². The van der Waals surface area contributed by atoms with Gasteiger partial charge in [0.1, 0.15) is 5.82 Å². The third kappa shape index (κ3) is 3.56. The highest BCUT2D eigenvalue weighted by Crippen LogP contribution is 2.20. The molecule has 1 aliphatic heterocycles. The average Bonchev–Trinajstić information content (AvgIpc) is 2.37. The largest absolute Gasteiger partial charge is 0.356 e. The van der Waals surface area contributed by atoms with Crippen LogP contribution in [0.25, 0.3) is 0 Å². The van der Waals surface area contributed by atoms with E-state index in [9.17, 15) is 0 Å². The molecule has 0 N–H and O–H groups in total. The van der Waals surface area contributed by atoms with Crippen LogP contribution in [0.15, 0.2) is 6.07 Å². The number of anilines is 1. The fourth-order valence-corrected chi connectivity index (χ4v) is 2.42. The Labute approximate surface area is 108 Å². The van der Waals surface area contributed by atoms with Gasteiger partial charge in [-0.15, -0.1) is 0 Å². The minimum Gasteiger partial charge on any atom is -0.356 e. The molecule has 1 fully saturated rings. The first kappa shape index (κ1) is 12.6. The minimum atomic E-state index is 0.388. The highest BCUT2D eigenvalue weighted by atomic mass is 35.5. The average molecular weight is 254 g/mol. The fourth-order valence-electron chi connectivity index (χ4n) is 2.22. The van der Waals surface area contributed by atoms with Gasteiger partial charge >= 0.3 is 0 Å². The molecule has 1 aliphatic rings. The highest BCUT2D eigenvalue weighted by Gasteiger charge is 2.13. The number of unbranched alkanes of at least 4 members (excludes halogenated alkanes) is 1. The predicted octanol–water partition coefficient (Wildman–Crippen LogP) is 3.46. The summed E-state index contributed by atoms with van der Waals surface area (Å²) in [6, 6.07) is 2.10. The van der Waals surface area contributed by atoms with E-state index in [-0.39, 0.29) is 0 Å². The molecule has 3 nitrogen and oxygen atoms in total. The number of halogens is 1. The van der Waals surface area contributed by atoms with Gasteiger partial charge < -0.3 is 4.90 Å². The second-order valence-corrected chi connectivity index (χ2v) is 4.98. The van der Waals surface area contributed by atoms with Crippen molar-refractivity contribution in [1.29, 1.82) is 0 Å². The summed E-state index contributed by atoms with van der Waals surface area (Å²) in [5.74, 6) is 1.01. The maximum Gasteiger partial charge on any atom is 0.224 e. The van der Waals surface area contributed by atoms with Gasteiger partial charge in [-0.1, -0.05) is 13.3 Å². The summed E-state index contributed by atoms with van der Waals surface area (Å²) in [7, 11) is 0. The van der Waals surface area contributed by atoms with E-state index >= 15 is 0 Å². The molecule has 0 aliphatic carbocycles. The van der Waals surface area contributed by atoms with E-state index in [1.165, 1.54) is 25.7 Å². The first-order chi connectivity index (χ1) is 8.29. The monoisotopic (exact) mass is 253 g/mol. The van der Waals surface area contributed by atoms with Gasteiger partial charge in [0, 0.05) is 24.8 Å². The first-order valence-corrected chi connectivity index (χ1v) is 6.96. The summed E-state index contributed by atoms with van der Waals surface area (Å²) >= 11 is 6.00. The Morgan fingerprint density at radius 1 is 1.24 bits per heavy atom. The third-order valence-corrected chi connectivity index (χ3v) is 3.37. The van der Waals surface area contributed by atoms with E-state index in [4.69, 9.17) is 11.6 Å². The standard InChI is InChI=1S/C13H20ClN3/c1-2-3-7-11-10-12(16-13(14)15-11)17-8-5-4-6-9-17/h10H,2-9H2,1H3. The number of nitrogens with zero attached hydrogens (tertiary/aromatic N) is 3. The lowest BCUT2D eigenvalue weighted by Gasteiger charge is -2.27. The molecule has 0 spiro atoms. The first-order valence-electron chi connectivity index (χ1n) is 6.58. The zero-order valence-electron chi connectivity index (χ0n) is 10.5. The summed E-state index contributed by atoms with van der Waals surface area (Å²) in [5, 5.41) is 0.388. The zero-order valence-corrected chi connectivity index (χ0v) is 11.2. The Hall–Kier alpha value is -0.830. The lowest BCUT2D eigenvalue weighted by molar-refractivity contribution is 0.572. The highest BCUT2D eigenvalue weighted by molar-refractivity contribution is 6.28. The van der Waals surface area contributed by atoms with Crippen LogP contribution in [0.5, 0.6) is 0 Å². The van der Waals surface area contributed by atoms with Crippen LogP contribution in [-0.4, -0.2) is 23.1 Å². The Kier molecular flexibility index (Phi) is 4.60. The Morgan fingerprint density at radius 2 is 2.00 bits per heavy atom. The van der Waals surface area contributed by atoms with E-state index < -0.39 is 0 Å². The van der Waals surface area contributed by atoms with Crippen LogP contribution in [0, 0.1) is 0 Å². The fraction of sp³-hybridized carbons (Fsp3) is 0.692. The molecule has 0 radical (unpaired) electrons. The molecule has 1 saturated heterocycles. The van der Waals surface area contributed by atoms with Gasteiger partial charge in [-0.05, 0) is 43.7 Å². The Balaban J connectivity index is 2.12. The second kappa shape index (κ2) is 6.20. The van der Waals surface area contributed by atoms with Crippen LogP contribution in [0.1, 0.15) is 44.7 Å². The molecule has 17 heavy (non-hydrogen) atoms. The molecular formula is C13H20ClN3. The van der Waals surface area contributed by atoms with Crippen molar-refractivity contribution in [3.05, 3.63) is 17.0 Å². The van der Waals surface area contributed by atoms with E-state index in [1.807, 2.05) is 0 Å². The molecule has 94 valence electrons. The van der Waals surface area contributed by atoms with Crippen LogP contribution >= 0.6 is 11.6 Å². The molecule has 4 heteroatoms. The molecule has 2 rings (SSSR count). The predicted molar refractivity (Wildman–Crippen MR) is 71.7 cm³/mol. The van der Waals surface area contributed by atoms with Crippen molar-refractivity contribution in [2.75, 3.05) is 18.0 Å². The van der Waals surface area contributed by atoms with E-state index in [0.717, 1.165) is 37.4 Å². The van der Waals surface area contributed by atoms with Gasteiger partial charge in [0.05, 0.1) is 0 Å². The number of hydrogen-bond acceptors (Lipinski definition) is 3. The van der Waals surface area contributed by atoms with Gasteiger partial charge in [-0.25, -0.2) is 9.97 Å². The maximum atomic E-state index is 6.00. The van der Waals surface area contributed by atoms with E-state index in [2.05, 4.69) is 27.9 Å². The quantitative estimate of drug-likeness (QED) is 0.770. The Morgan fingerprint density at radius 3 is 2.71 bits per heavy atom. The van der Waals surface area contributed by atoms with Crippen molar-refractivity contribution in [1.82, 2.24) is 9.97 Å². The lowest BCUT2D eigenvalue weighted by atomic mass is 10.1. The number of piperidine rings is 1. The Bertz CT molecular complexity index is 362. The van der Waals surface area contributed by atoms with Crippen molar-refractivity contribution < 1.29 is 0 Å². The smallest absolute Gasteiger partial charge is 0.224 e. The summed E-state index contributed by atoms with van der Waals surface area (Å²) in [5.41, 5.74) is 1.08. The summed E-state index contributed by atoms with van der Waals surface area (Å²) in [6.45, 7) is 4.38. The van der Waals surface area contributed by atoms with Crippen LogP contribution in [-0.2, 0) is 6.42 Å².